The van der Waals surface area contributed by atoms with Crippen LogP contribution in [0.2, 0.25) is 0 Å². The minimum Gasteiger partial charge on any atom is -0.195 e. The van der Waals surface area contributed by atoms with Crippen LogP contribution in [-0.4, -0.2) is 48.1 Å². The molecule has 0 aliphatic carbocycles. The first-order valence-corrected chi connectivity index (χ1v) is 9.24. The summed E-state index contributed by atoms with van der Waals surface area (Å²) in [4.78, 5) is 0. The van der Waals surface area contributed by atoms with E-state index in [1.807, 2.05) is 6.92 Å². The molecular weight excluding hydrogens is 284 g/mol. The molecule has 2 rings (SSSR count). The van der Waals surface area contributed by atoms with Crippen LogP contribution in [0, 0.1) is 5.92 Å². The molecule has 0 spiro atoms. The second-order valence-corrected chi connectivity index (χ2v) is 8.17. The number of piperidine rings is 2. The van der Waals surface area contributed by atoms with Crippen LogP contribution >= 0.6 is 11.6 Å². The quantitative estimate of drug-likeness (QED) is 0.751. The highest BCUT2D eigenvalue weighted by molar-refractivity contribution is 7.86. The van der Waals surface area contributed by atoms with Gasteiger partial charge in [-0.3, -0.25) is 0 Å². The Hall–Kier alpha value is 0.160. The lowest BCUT2D eigenvalue weighted by atomic mass is 9.97. The van der Waals surface area contributed by atoms with Crippen molar-refractivity contribution in [3.63, 3.8) is 0 Å². The minimum absolute atomic E-state index is 0.0233. The van der Waals surface area contributed by atoms with Crippen LogP contribution in [0.4, 0.5) is 0 Å². The summed E-state index contributed by atoms with van der Waals surface area (Å²) in [6.07, 6.45) is 4.99. The van der Waals surface area contributed by atoms with Gasteiger partial charge >= 0.3 is 0 Å². The maximum Gasteiger partial charge on any atom is 0.282 e. The highest BCUT2D eigenvalue weighted by atomic mass is 35.5. The summed E-state index contributed by atoms with van der Waals surface area (Å²) >= 11 is 5.96. The fourth-order valence-corrected chi connectivity index (χ4v) is 5.73. The molecule has 2 fully saturated rings. The van der Waals surface area contributed by atoms with Crippen molar-refractivity contribution in [2.45, 2.75) is 58.0 Å². The van der Waals surface area contributed by atoms with Gasteiger partial charge in [-0.1, -0.05) is 13.3 Å². The zero-order valence-corrected chi connectivity index (χ0v) is 13.5. The lowest BCUT2D eigenvalue weighted by Crippen LogP contribution is -2.55. The zero-order valence-electron chi connectivity index (χ0n) is 11.9. The second kappa shape index (κ2) is 6.29. The Morgan fingerprint density at radius 1 is 1.11 bits per heavy atom. The van der Waals surface area contributed by atoms with Crippen LogP contribution in [0.5, 0.6) is 0 Å². The van der Waals surface area contributed by atoms with Gasteiger partial charge in [0.2, 0.25) is 0 Å². The molecule has 19 heavy (non-hydrogen) atoms. The molecule has 0 aromatic rings. The number of rotatable bonds is 3. The lowest BCUT2D eigenvalue weighted by Gasteiger charge is -2.42. The Labute approximate surface area is 122 Å². The Morgan fingerprint density at radius 2 is 1.84 bits per heavy atom. The van der Waals surface area contributed by atoms with E-state index in [-0.39, 0.29) is 12.1 Å². The van der Waals surface area contributed by atoms with Gasteiger partial charge in [-0.25, -0.2) is 0 Å². The first kappa shape index (κ1) is 15.5. The molecule has 4 nitrogen and oxygen atoms in total. The van der Waals surface area contributed by atoms with E-state index in [0.29, 0.717) is 24.9 Å². The molecule has 3 atom stereocenters. The van der Waals surface area contributed by atoms with E-state index in [2.05, 4.69) is 6.92 Å². The van der Waals surface area contributed by atoms with Crippen molar-refractivity contribution < 1.29 is 8.42 Å². The van der Waals surface area contributed by atoms with Gasteiger partial charge in [-0.15, -0.1) is 11.6 Å². The van der Waals surface area contributed by atoms with E-state index in [0.717, 1.165) is 32.1 Å². The van der Waals surface area contributed by atoms with Crippen molar-refractivity contribution in [2.24, 2.45) is 5.92 Å². The van der Waals surface area contributed by atoms with E-state index in [1.165, 1.54) is 0 Å². The molecule has 3 unspecified atom stereocenters. The van der Waals surface area contributed by atoms with E-state index < -0.39 is 10.2 Å². The number of hydrogen-bond acceptors (Lipinski definition) is 2. The average molecular weight is 309 g/mol. The molecule has 2 aliphatic heterocycles. The van der Waals surface area contributed by atoms with Crippen LogP contribution in [0.25, 0.3) is 0 Å². The van der Waals surface area contributed by atoms with Crippen LogP contribution in [0.3, 0.4) is 0 Å². The fraction of sp³-hybridized carbons (Fsp3) is 1.00. The van der Waals surface area contributed by atoms with Crippen LogP contribution in [0.1, 0.15) is 46.0 Å². The number of halogens is 1. The third kappa shape index (κ3) is 3.26. The molecule has 2 heterocycles. The Morgan fingerprint density at radius 3 is 2.53 bits per heavy atom. The number of nitrogens with zero attached hydrogens (tertiary/aromatic N) is 2. The molecule has 2 aliphatic rings. The zero-order chi connectivity index (χ0) is 14.0. The standard InChI is InChI=1S/C13H25ClN2O2S/c1-11-6-7-12(2)16(10-11)19(17,18)15-8-4-3-5-13(15)9-14/h11-13H,3-10H2,1-2H3. The molecule has 0 radical (unpaired) electrons. The lowest BCUT2D eigenvalue weighted by molar-refractivity contribution is 0.184. The Balaban J connectivity index is 2.19. The third-order valence-corrected chi connectivity index (χ3v) is 6.94. The molecule has 0 aromatic heterocycles. The van der Waals surface area contributed by atoms with Gasteiger partial charge in [0.1, 0.15) is 0 Å². The molecular formula is C13H25ClN2O2S. The predicted molar refractivity (Wildman–Crippen MR) is 78.6 cm³/mol. The van der Waals surface area contributed by atoms with Crippen molar-refractivity contribution >= 4 is 21.8 Å². The van der Waals surface area contributed by atoms with Crippen molar-refractivity contribution in [3.05, 3.63) is 0 Å². The summed E-state index contributed by atoms with van der Waals surface area (Å²) < 4.78 is 29.1. The SMILES string of the molecule is CC1CCC(C)N(S(=O)(=O)N2CCCCC2CCl)C1. The van der Waals surface area contributed by atoms with E-state index in [9.17, 15) is 8.42 Å². The first-order chi connectivity index (χ1) is 8.96. The summed E-state index contributed by atoms with van der Waals surface area (Å²) in [6.45, 7) is 5.42. The molecule has 0 saturated carbocycles. The van der Waals surface area contributed by atoms with Crippen molar-refractivity contribution in [1.29, 1.82) is 0 Å². The minimum atomic E-state index is -3.35. The van der Waals surface area contributed by atoms with Crippen LogP contribution in [0.15, 0.2) is 0 Å². The van der Waals surface area contributed by atoms with Gasteiger partial charge < -0.3 is 0 Å². The molecule has 0 N–H and O–H groups in total. The normalized spacial score (nSPS) is 35.4. The molecule has 6 heteroatoms. The van der Waals surface area contributed by atoms with Gasteiger partial charge in [0.15, 0.2) is 0 Å². The first-order valence-electron chi connectivity index (χ1n) is 7.31. The summed E-state index contributed by atoms with van der Waals surface area (Å²) in [7, 11) is -3.35. The molecule has 0 bridgehead atoms. The van der Waals surface area contributed by atoms with Gasteiger partial charge in [0, 0.05) is 31.1 Å². The summed E-state index contributed by atoms with van der Waals surface area (Å²) in [5.74, 6) is 0.849. The van der Waals surface area contributed by atoms with Crippen molar-refractivity contribution in [1.82, 2.24) is 8.61 Å². The van der Waals surface area contributed by atoms with Gasteiger partial charge in [0.25, 0.3) is 10.2 Å². The highest BCUT2D eigenvalue weighted by Gasteiger charge is 2.40. The molecule has 2 saturated heterocycles. The van der Waals surface area contributed by atoms with Gasteiger partial charge in [-0.2, -0.15) is 17.0 Å². The van der Waals surface area contributed by atoms with Crippen molar-refractivity contribution in [3.8, 4) is 0 Å². The third-order valence-electron chi connectivity index (χ3n) is 4.40. The number of hydrogen-bond donors (Lipinski definition) is 0. The monoisotopic (exact) mass is 308 g/mol. The number of alkyl halides is 1. The largest absolute Gasteiger partial charge is 0.282 e. The second-order valence-electron chi connectivity index (χ2n) is 6.02. The fourth-order valence-electron chi connectivity index (χ4n) is 3.14. The highest BCUT2D eigenvalue weighted by Crippen LogP contribution is 2.29. The maximum absolute atomic E-state index is 12.9. The van der Waals surface area contributed by atoms with Gasteiger partial charge in [-0.05, 0) is 38.5 Å². The predicted octanol–water partition coefficient (Wildman–Crippen LogP) is 2.44. The average Bonchev–Trinajstić information content (AvgIpc) is 2.41. The smallest absolute Gasteiger partial charge is 0.195 e. The van der Waals surface area contributed by atoms with E-state index in [4.69, 9.17) is 11.6 Å². The summed E-state index contributed by atoms with van der Waals surface area (Å²) in [5, 5.41) is 0. The van der Waals surface area contributed by atoms with Crippen LogP contribution < -0.4 is 0 Å². The summed E-state index contributed by atoms with van der Waals surface area (Å²) in [6, 6.07) is 0.0870. The van der Waals surface area contributed by atoms with E-state index >= 15 is 0 Å². The van der Waals surface area contributed by atoms with Gasteiger partial charge in [0.05, 0.1) is 0 Å². The molecule has 0 amide bonds. The van der Waals surface area contributed by atoms with Crippen molar-refractivity contribution in [2.75, 3.05) is 19.0 Å². The van der Waals surface area contributed by atoms with E-state index in [1.54, 1.807) is 8.61 Å². The molecule has 0 aromatic carbocycles. The topological polar surface area (TPSA) is 40.6 Å². The summed E-state index contributed by atoms with van der Waals surface area (Å²) in [5.41, 5.74) is 0. The Bertz CT molecular complexity index is 393. The Kier molecular flexibility index (Phi) is 5.15. The molecule has 112 valence electrons. The van der Waals surface area contributed by atoms with Crippen LogP contribution in [-0.2, 0) is 10.2 Å². The maximum atomic E-state index is 12.9.